The van der Waals surface area contributed by atoms with Crippen LogP contribution in [0.3, 0.4) is 0 Å². The monoisotopic (exact) mass is 632 g/mol. The Bertz CT molecular complexity index is 704. The highest BCUT2D eigenvalue weighted by atomic mass is 16.7. The molecule has 2 unspecified atom stereocenters. The topological polar surface area (TPSA) is 152 Å². The summed E-state index contributed by atoms with van der Waals surface area (Å²) < 4.78 is 21.9. The van der Waals surface area contributed by atoms with Gasteiger partial charge in [0.25, 0.3) is 0 Å². The molecule has 4 N–H and O–H groups in total. The molecule has 0 bridgehead atoms. The van der Waals surface area contributed by atoms with Crippen LogP contribution < -0.4 is 0 Å². The molecule has 6 atom stereocenters. The number of carbonyl (C=O) groups is 2. The Morgan fingerprint density at radius 1 is 0.614 bits per heavy atom. The van der Waals surface area contributed by atoms with E-state index >= 15 is 0 Å². The van der Waals surface area contributed by atoms with Crippen LogP contribution >= 0.6 is 0 Å². The fourth-order valence-corrected chi connectivity index (χ4v) is 5.36. The zero-order chi connectivity index (χ0) is 32.4. The van der Waals surface area contributed by atoms with Crippen LogP contribution in [0.4, 0.5) is 0 Å². The van der Waals surface area contributed by atoms with Gasteiger partial charge in [0.2, 0.25) is 0 Å². The molecule has 1 saturated heterocycles. The SMILES string of the molecule is CCCCCCCCCCCCCCC(=O)O[C@H](COC(=O)CCCCCCCCC)CO[C@@H]1O[C@H](CO)[C@H](O)C(O)C1O. The lowest BCUT2D eigenvalue weighted by Crippen LogP contribution is -2.59. The molecule has 0 aromatic rings. The summed E-state index contributed by atoms with van der Waals surface area (Å²) in [5, 5.41) is 39.7. The van der Waals surface area contributed by atoms with E-state index < -0.39 is 49.4 Å². The molecule has 0 radical (unpaired) electrons. The van der Waals surface area contributed by atoms with Crippen LogP contribution in [0.1, 0.15) is 149 Å². The predicted molar refractivity (Wildman–Crippen MR) is 169 cm³/mol. The standard InChI is InChI=1S/C34H64O10/c1-3-5-7-9-11-12-13-14-15-17-19-21-23-30(37)43-27(25-41-29(36)22-20-18-16-10-8-6-4-2)26-42-34-33(40)32(39)31(38)28(24-35)44-34/h27-28,31-35,38-40H,3-26H2,1-2H3/t27-,28-,31+,32?,33?,34-/m1/s1. The van der Waals surface area contributed by atoms with Crippen molar-refractivity contribution in [1.29, 1.82) is 0 Å². The van der Waals surface area contributed by atoms with E-state index in [1.165, 1.54) is 70.6 Å². The Hall–Kier alpha value is -1.30. The largest absolute Gasteiger partial charge is 0.462 e. The zero-order valence-corrected chi connectivity index (χ0v) is 27.7. The maximum absolute atomic E-state index is 12.6. The number of rotatable bonds is 28. The molecule has 44 heavy (non-hydrogen) atoms. The lowest BCUT2D eigenvalue weighted by molar-refractivity contribution is -0.305. The maximum Gasteiger partial charge on any atom is 0.306 e. The molecule has 0 aromatic heterocycles. The normalized spacial score (nSPS) is 22.5. The van der Waals surface area contributed by atoms with Crippen molar-refractivity contribution in [3.63, 3.8) is 0 Å². The van der Waals surface area contributed by atoms with E-state index in [0.29, 0.717) is 6.42 Å². The quantitative estimate of drug-likeness (QED) is 0.0644. The van der Waals surface area contributed by atoms with Crippen LogP contribution in [0.25, 0.3) is 0 Å². The van der Waals surface area contributed by atoms with Crippen molar-refractivity contribution in [3.8, 4) is 0 Å². The summed E-state index contributed by atoms with van der Waals surface area (Å²) in [5.74, 6) is -0.809. The fourth-order valence-electron chi connectivity index (χ4n) is 5.36. The Morgan fingerprint density at radius 3 is 1.55 bits per heavy atom. The minimum absolute atomic E-state index is 0.211. The van der Waals surface area contributed by atoms with Gasteiger partial charge in [0.05, 0.1) is 13.2 Å². The molecule has 1 aliphatic heterocycles. The van der Waals surface area contributed by atoms with E-state index in [-0.39, 0.29) is 32.0 Å². The number of aliphatic hydroxyl groups excluding tert-OH is 4. The maximum atomic E-state index is 12.6. The van der Waals surface area contributed by atoms with Crippen molar-refractivity contribution in [3.05, 3.63) is 0 Å². The van der Waals surface area contributed by atoms with E-state index in [1.54, 1.807) is 0 Å². The lowest BCUT2D eigenvalue weighted by Gasteiger charge is -2.39. The fraction of sp³-hybridized carbons (Fsp3) is 0.941. The molecule has 10 nitrogen and oxygen atoms in total. The summed E-state index contributed by atoms with van der Waals surface area (Å²) in [6.45, 7) is 3.35. The van der Waals surface area contributed by atoms with Gasteiger partial charge in [-0.3, -0.25) is 9.59 Å². The molecule has 0 aliphatic carbocycles. The van der Waals surface area contributed by atoms with Crippen molar-refractivity contribution in [2.45, 2.75) is 185 Å². The molecule has 1 heterocycles. The minimum atomic E-state index is -1.59. The van der Waals surface area contributed by atoms with Crippen LogP contribution in [-0.2, 0) is 28.5 Å². The van der Waals surface area contributed by atoms with Gasteiger partial charge in [-0.05, 0) is 12.8 Å². The molecule has 0 saturated carbocycles. The van der Waals surface area contributed by atoms with Crippen LogP contribution in [0.2, 0.25) is 0 Å². The number of esters is 2. The van der Waals surface area contributed by atoms with E-state index in [2.05, 4.69) is 13.8 Å². The summed E-state index contributed by atoms with van der Waals surface area (Å²) in [7, 11) is 0. The number of ether oxygens (including phenoxy) is 4. The summed E-state index contributed by atoms with van der Waals surface area (Å²) in [5.41, 5.74) is 0. The van der Waals surface area contributed by atoms with E-state index in [4.69, 9.17) is 18.9 Å². The second-order valence-corrected chi connectivity index (χ2v) is 12.3. The van der Waals surface area contributed by atoms with Gasteiger partial charge in [-0.15, -0.1) is 0 Å². The Morgan fingerprint density at radius 2 is 1.07 bits per heavy atom. The van der Waals surface area contributed by atoms with Gasteiger partial charge in [0.1, 0.15) is 31.0 Å². The molecular formula is C34H64O10. The van der Waals surface area contributed by atoms with Gasteiger partial charge in [0.15, 0.2) is 12.4 Å². The summed E-state index contributed by atoms with van der Waals surface area (Å²) in [6.07, 6.45) is 14.2. The van der Waals surface area contributed by atoms with Crippen LogP contribution in [0.15, 0.2) is 0 Å². The third-order valence-corrected chi connectivity index (χ3v) is 8.24. The van der Waals surface area contributed by atoms with Gasteiger partial charge in [-0.2, -0.15) is 0 Å². The molecular weight excluding hydrogens is 568 g/mol. The molecule has 10 heteroatoms. The first-order valence-electron chi connectivity index (χ1n) is 17.6. The van der Waals surface area contributed by atoms with Crippen LogP contribution in [0, 0.1) is 0 Å². The highest BCUT2D eigenvalue weighted by Gasteiger charge is 2.44. The summed E-state index contributed by atoms with van der Waals surface area (Å²) in [6, 6.07) is 0. The van der Waals surface area contributed by atoms with Gasteiger partial charge < -0.3 is 39.4 Å². The highest BCUT2D eigenvalue weighted by molar-refractivity contribution is 5.70. The summed E-state index contributed by atoms with van der Waals surface area (Å²) >= 11 is 0. The molecule has 1 aliphatic rings. The van der Waals surface area contributed by atoms with Crippen molar-refractivity contribution in [1.82, 2.24) is 0 Å². The molecule has 0 spiro atoms. The second kappa shape index (κ2) is 26.9. The Balaban J connectivity index is 2.43. The van der Waals surface area contributed by atoms with Crippen molar-refractivity contribution in [2.75, 3.05) is 19.8 Å². The van der Waals surface area contributed by atoms with Crippen LogP contribution in [-0.4, -0.2) is 89.0 Å². The number of hydrogen-bond acceptors (Lipinski definition) is 10. The zero-order valence-electron chi connectivity index (χ0n) is 27.7. The van der Waals surface area contributed by atoms with Gasteiger partial charge in [0, 0.05) is 12.8 Å². The number of unbranched alkanes of at least 4 members (excludes halogenated alkanes) is 17. The van der Waals surface area contributed by atoms with E-state index in [9.17, 15) is 30.0 Å². The number of carbonyl (C=O) groups excluding carboxylic acids is 2. The van der Waals surface area contributed by atoms with Gasteiger partial charge >= 0.3 is 11.9 Å². The van der Waals surface area contributed by atoms with E-state index in [0.717, 1.165) is 44.9 Å². The molecule has 0 aromatic carbocycles. The molecule has 1 fully saturated rings. The van der Waals surface area contributed by atoms with Crippen molar-refractivity contribution >= 4 is 11.9 Å². The third kappa shape index (κ3) is 19.3. The van der Waals surface area contributed by atoms with Crippen molar-refractivity contribution < 1.29 is 49.0 Å². The average molecular weight is 633 g/mol. The van der Waals surface area contributed by atoms with E-state index in [1.807, 2.05) is 0 Å². The first-order chi connectivity index (χ1) is 21.3. The lowest BCUT2D eigenvalue weighted by atomic mass is 9.99. The first kappa shape index (κ1) is 40.7. The first-order valence-corrected chi connectivity index (χ1v) is 17.6. The third-order valence-electron chi connectivity index (χ3n) is 8.24. The smallest absolute Gasteiger partial charge is 0.306 e. The van der Waals surface area contributed by atoms with Crippen molar-refractivity contribution in [2.24, 2.45) is 0 Å². The Labute approximate surface area is 266 Å². The second-order valence-electron chi connectivity index (χ2n) is 12.3. The highest BCUT2D eigenvalue weighted by Crippen LogP contribution is 2.22. The molecule has 1 rings (SSSR count). The number of aliphatic hydroxyl groups is 4. The Kier molecular flexibility index (Phi) is 24.9. The molecule has 260 valence electrons. The number of hydrogen-bond donors (Lipinski definition) is 4. The summed E-state index contributed by atoms with van der Waals surface area (Å²) in [4.78, 5) is 24.9. The van der Waals surface area contributed by atoms with Gasteiger partial charge in [-0.1, -0.05) is 123 Å². The average Bonchev–Trinajstić information content (AvgIpc) is 3.02. The minimum Gasteiger partial charge on any atom is -0.462 e. The molecule has 0 amide bonds. The van der Waals surface area contributed by atoms with Crippen LogP contribution in [0.5, 0.6) is 0 Å². The predicted octanol–water partition coefficient (Wildman–Crippen LogP) is 5.49. The van der Waals surface area contributed by atoms with Gasteiger partial charge in [-0.25, -0.2) is 0 Å².